The molecule has 2 aromatic heterocycles. The number of nitrogens with zero attached hydrogens (tertiary/aromatic N) is 2. The number of rotatable bonds is 2. The Hall–Kier alpha value is -2.51. The van der Waals surface area contributed by atoms with Crippen LogP contribution in [-0.4, -0.2) is 9.97 Å². The van der Waals surface area contributed by atoms with Gasteiger partial charge in [0.05, 0.1) is 11.0 Å². The largest absolute Gasteiger partial charge is 0.317 e. The van der Waals surface area contributed by atoms with Crippen molar-refractivity contribution in [3.05, 3.63) is 73.1 Å². The molecule has 0 saturated carbocycles. The van der Waals surface area contributed by atoms with E-state index in [9.17, 15) is 4.57 Å². The number of aromatic nitrogens is 2. The first-order valence-electron chi connectivity index (χ1n) is 7.07. The van der Waals surface area contributed by atoms with Crippen molar-refractivity contribution < 1.29 is 4.57 Å². The zero-order chi connectivity index (χ0) is 14.9. The molecule has 0 bridgehead atoms. The minimum atomic E-state index is -2.17. The van der Waals surface area contributed by atoms with Crippen LogP contribution in [0.25, 0.3) is 21.8 Å². The van der Waals surface area contributed by atoms with Crippen LogP contribution in [0.15, 0.2) is 73.1 Å². The molecule has 2 aromatic carbocycles. The molecule has 0 aliphatic heterocycles. The van der Waals surface area contributed by atoms with Crippen LogP contribution in [0.5, 0.6) is 0 Å². The second kappa shape index (κ2) is 5.36. The fourth-order valence-electron chi connectivity index (χ4n) is 2.72. The SMILES string of the molecule is O=[PH](c1cccc2cccnc12)c1cccc2cccnc12. The maximum Gasteiger partial charge on any atom is 0.136 e. The van der Waals surface area contributed by atoms with Gasteiger partial charge in [-0.1, -0.05) is 36.4 Å². The van der Waals surface area contributed by atoms with E-state index in [1.807, 2.05) is 60.7 Å². The molecule has 4 aromatic rings. The van der Waals surface area contributed by atoms with Crippen molar-refractivity contribution >= 4 is 40.2 Å². The predicted molar refractivity (Wildman–Crippen MR) is 91.8 cm³/mol. The van der Waals surface area contributed by atoms with E-state index in [4.69, 9.17) is 0 Å². The van der Waals surface area contributed by atoms with Gasteiger partial charge >= 0.3 is 0 Å². The number of hydrogen-bond acceptors (Lipinski definition) is 3. The molecule has 0 aliphatic carbocycles. The Bertz CT molecular complexity index is 922. The standard InChI is InChI=1S/C18H13N2OP/c21-22(15-9-1-5-13-7-3-11-19-17(13)15)16-10-2-6-14-8-4-12-20-18(14)16/h1-12,22H. The smallest absolute Gasteiger partial charge is 0.136 e. The van der Waals surface area contributed by atoms with Crippen molar-refractivity contribution in [1.29, 1.82) is 0 Å². The van der Waals surface area contributed by atoms with Gasteiger partial charge in [-0.05, 0) is 24.3 Å². The van der Waals surface area contributed by atoms with Crippen LogP contribution in [0.4, 0.5) is 0 Å². The maximum atomic E-state index is 13.2. The Balaban J connectivity index is 1.97. The van der Waals surface area contributed by atoms with E-state index in [-0.39, 0.29) is 0 Å². The summed E-state index contributed by atoms with van der Waals surface area (Å²) in [6, 6.07) is 19.4. The lowest BCUT2D eigenvalue weighted by molar-refractivity contribution is 0.598. The Labute approximate surface area is 128 Å². The molecule has 0 amide bonds. The summed E-state index contributed by atoms with van der Waals surface area (Å²) in [7, 11) is -2.17. The normalized spacial score (nSPS) is 11.3. The molecule has 0 fully saturated rings. The topological polar surface area (TPSA) is 42.9 Å². The lowest BCUT2D eigenvalue weighted by atomic mass is 10.2. The lowest BCUT2D eigenvalue weighted by Gasteiger charge is -2.08. The van der Waals surface area contributed by atoms with Gasteiger partial charge in [0.25, 0.3) is 0 Å². The summed E-state index contributed by atoms with van der Waals surface area (Å²) >= 11 is 0. The summed E-state index contributed by atoms with van der Waals surface area (Å²) in [5.41, 5.74) is 1.61. The molecule has 0 saturated heterocycles. The lowest BCUT2D eigenvalue weighted by Crippen LogP contribution is -2.10. The third-order valence-electron chi connectivity index (χ3n) is 3.75. The van der Waals surface area contributed by atoms with Crippen molar-refractivity contribution in [2.75, 3.05) is 0 Å². The molecule has 4 heteroatoms. The van der Waals surface area contributed by atoms with Crippen molar-refractivity contribution in [3.63, 3.8) is 0 Å². The average Bonchev–Trinajstić information content (AvgIpc) is 2.60. The molecule has 2 heterocycles. The average molecular weight is 304 g/mol. The fourth-order valence-corrected chi connectivity index (χ4v) is 4.35. The van der Waals surface area contributed by atoms with Gasteiger partial charge in [0.15, 0.2) is 0 Å². The second-order valence-electron chi connectivity index (χ2n) is 5.09. The van der Waals surface area contributed by atoms with Crippen LogP contribution in [0.2, 0.25) is 0 Å². The first-order valence-corrected chi connectivity index (χ1v) is 8.47. The van der Waals surface area contributed by atoms with E-state index in [1.165, 1.54) is 0 Å². The zero-order valence-electron chi connectivity index (χ0n) is 11.7. The molecule has 4 rings (SSSR count). The van der Waals surface area contributed by atoms with E-state index < -0.39 is 7.80 Å². The summed E-state index contributed by atoms with van der Waals surface area (Å²) < 4.78 is 13.2. The molecular weight excluding hydrogens is 291 g/mol. The van der Waals surface area contributed by atoms with E-state index in [0.717, 1.165) is 32.4 Å². The van der Waals surface area contributed by atoms with E-state index in [0.29, 0.717) is 0 Å². The molecule has 0 N–H and O–H groups in total. The number of para-hydroxylation sites is 2. The molecule has 0 aliphatic rings. The molecule has 106 valence electrons. The summed E-state index contributed by atoms with van der Waals surface area (Å²) in [4.78, 5) is 8.83. The number of hydrogen-bond donors (Lipinski definition) is 0. The summed E-state index contributed by atoms with van der Waals surface area (Å²) in [6.45, 7) is 0. The van der Waals surface area contributed by atoms with Crippen LogP contribution in [0.1, 0.15) is 0 Å². The summed E-state index contributed by atoms with van der Waals surface area (Å²) in [6.07, 6.45) is 3.48. The van der Waals surface area contributed by atoms with Gasteiger partial charge in [0.2, 0.25) is 0 Å². The third-order valence-corrected chi connectivity index (χ3v) is 5.54. The minimum absolute atomic E-state index is 0.793. The first-order chi connectivity index (χ1) is 10.8. The van der Waals surface area contributed by atoms with Gasteiger partial charge in [-0.15, -0.1) is 0 Å². The quantitative estimate of drug-likeness (QED) is 0.534. The van der Waals surface area contributed by atoms with Gasteiger partial charge in [0.1, 0.15) is 7.80 Å². The highest BCUT2D eigenvalue weighted by Gasteiger charge is 2.14. The van der Waals surface area contributed by atoms with Crippen LogP contribution in [0.3, 0.4) is 0 Å². The maximum absolute atomic E-state index is 13.2. The number of benzene rings is 2. The Morgan fingerprint density at radius 1 is 0.636 bits per heavy atom. The van der Waals surface area contributed by atoms with Gasteiger partial charge in [-0.3, -0.25) is 9.97 Å². The van der Waals surface area contributed by atoms with Gasteiger partial charge in [0, 0.05) is 33.8 Å². The Morgan fingerprint density at radius 3 is 1.59 bits per heavy atom. The number of fused-ring (bicyclic) bond motifs is 2. The monoisotopic (exact) mass is 304 g/mol. The molecule has 0 atom stereocenters. The van der Waals surface area contributed by atoms with Gasteiger partial charge < -0.3 is 4.57 Å². The van der Waals surface area contributed by atoms with E-state index in [2.05, 4.69) is 9.97 Å². The predicted octanol–water partition coefficient (Wildman–Crippen LogP) is 3.29. The molecular formula is C18H13N2OP. The minimum Gasteiger partial charge on any atom is -0.317 e. The summed E-state index contributed by atoms with van der Waals surface area (Å²) in [5.74, 6) is 0. The molecule has 22 heavy (non-hydrogen) atoms. The Kier molecular flexibility index (Phi) is 3.21. The third kappa shape index (κ3) is 2.11. The molecule has 0 radical (unpaired) electrons. The highest BCUT2D eigenvalue weighted by molar-refractivity contribution is 7.62. The van der Waals surface area contributed by atoms with Crippen LogP contribution in [-0.2, 0) is 4.57 Å². The first kappa shape index (κ1) is 13.2. The second-order valence-corrected chi connectivity index (χ2v) is 6.83. The summed E-state index contributed by atoms with van der Waals surface area (Å²) in [5, 5.41) is 3.60. The molecule has 3 nitrogen and oxygen atoms in total. The van der Waals surface area contributed by atoms with E-state index in [1.54, 1.807) is 12.4 Å². The van der Waals surface area contributed by atoms with Crippen molar-refractivity contribution in [2.45, 2.75) is 0 Å². The molecule has 0 spiro atoms. The van der Waals surface area contributed by atoms with Crippen LogP contribution >= 0.6 is 7.80 Å². The Morgan fingerprint density at radius 2 is 1.09 bits per heavy atom. The van der Waals surface area contributed by atoms with Crippen molar-refractivity contribution in [1.82, 2.24) is 9.97 Å². The number of pyridine rings is 2. The molecule has 0 unspecified atom stereocenters. The zero-order valence-corrected chi connectivity index (χ0v) is 12.7. The van der Waals surface area contributed by atoms with Crippen LogP contribution < -0.4 is 10.6 Å². The van der Waals surface area contributed by atoms with Crippen molar-refractivity contribution in [3.8, 4) is 0 Å². The van der Waals surface area contributed by atoms with Crippen LogP contribution in [0, 0.1) is 0 Å². The fraction of sp³-hybridized carbons (Fsp3) is 0. The van der Waals surface area contributed by atoms with Crippen molar-refractivity contribution in [2.24, 2.45) is 0 Å². The van der Waals surface area contributed by atoms with E-state index >= 15 is 0 Å². The highest BCUT2D eigenvalue weighted by atomic mass is 31.1. The van der Waals surface area contributed by atoms with Gasteiger partial charge in [-0.25, -0.2) is 0 Å². The van der Waals surface area contributed by atoms with Gasteiger partial charge in [-0.2, -0.15) is 0 Å². The highest BCUT2D eigenvalue weighted by Crippen LogP contribution is 2.27.